The van der Waals surface area contributed by atoms with Crippen LogP contribution in [0.15, 0.2) is 18.2 Å². The van der Waals surface area contributed by atoms with E-state index in [0.717, 1.165) is 5.56 Å². The highest BCUT2D eigenvalue weighted by molar-refractivity contribution is 6.31. The first-order valence-corrected chi connectivity index (χ1v) is 6.63. The molecule has 0 fully saturated rings. The van der Waals surface area contributed by atoms with Gasteiger partial charge in [0.25, 0.3) is 5.91 Å². The molecule has 5 nitrogen and oxygen atoms in total. The van der Waals surface area contributed by atoms with Crippen molar-refractivity contribution < 1.29 is 19.1 Å². The van der Waals surface area contributed by atoms with E-state index >= 15 is 0 Å². The van der Waals surface area contributed by atoms with E-state index in [0.29, 0.717) is 23.7 Å². The number of methoxy groups -OCH3 is 1. The molecular formula is C14H18ClNO4. The molecule has 6 heteroatoms. The van der Waals surface area contributed by atoms with E-state index in [1.807, 2.05) is 6.92 Å². The first-order chi connectivity index (χ1) is 9.52. The van der Waals surface area contributed by atoms with Crippen molar-refractivity contribution in [1.82, 2.24) is 5.32 Å². The SMILES string of the molecule is COC(=O)CCCNC(=O)COc1ccc(Cl)c(C)c1. The average molecular weight is 300 g/mol. The van der Waals surface area contributed by atoms with Crippen LogP contribution in [0.1, 0.15) is 18.4 Å². The van der Waals surface area contributed by atoms with Crippen molar-refractivity contribution in [1.29, 1.82) is 0 Å². The normalized spacial score (nSPS) is 9.95. The molecule has 0 saturated heterocycles. The lowest BCUT2D eigenvalue weighted by atomic mass is 10.2. The number of ether oxygens (including phenoxy) is 2. The molecule has 0 radical (unpaired) electrons. The van der Waals surface area contributed by atoms with Crippen LogP contribution < -0.4 is 10.1 Å². The summed E-state index contributed by atoms with van der Waals surface area (Å²) in [6, 6.07) is 5.20. The summed E-state index contributed by atoms with van der Waals surface area (Å²) in [7, 11) is 1.34. The van der Waals surface area contributed by atoms with Gasteiger partial charge in [-0.3, -0.25) is 9.59 Å². The Bertz CT molecular complexity index is 476. The van der Waals surface area contributed by atoms with Crippen LogP contribution in [0.4, 0.5) is 0 Å². The van der Waals surface area contributed by atoms with Gasteiger partial charge in [0, 0.05) is 18.0 Å². The minimum atomic E-state index is -0.285. The Morgan fingerprint density at radius 1 is 1.35 bits per heavy atom. The molecule has 20 heavy (non-hydrogen) atoms. The van der Waals surface area contributed by atoms with Crippen molar-refractivity contribution in [3.63, 3.8) is 0 Å². The van der Waals surface area contributed by atoms with Crippen LogP contribution in [0.3, 0.4) is 0 Å². The summed E-state index contributed by atoms with van der Waals surface area (Å²) < 4.78 is 9.84. The minimum Gasteiger partial charge on any atom is -0.484 e. The molecule has 0 spiro atoms. The number of hydrogen-bond acceptors (Lipinski definition) is 4. The molecule has 1 amide bonds. The lowest BCUT2D eigenvalue weighted by molar-refractivity contribution is -0.140. The summed E-state index contributed by atoms with van der Waals surface area (Å²) in [4.78, 5) is 22.4. The molecule has 0 atom stereocenters. The zero-order valence-electron chi connectivity index (χ0n) is 11.6. The van der Waals surface area contributed by atoms with Gasteiger partial charge in [0.05, 0.1) is 7.11 Å². The second-order valence-electron chi connectivity index (χ2n) is 4.23. The fraction of sp³-hybridized carbons (Fsp3) is 0.429. The molecule has 0 saturated carbocycles. The van der Waals surface area contributed by atoms with Gasteiger partial charge in [-0.25, -0.2) is 0 Å². The van der Waals surface area contributed by atoms with Gasteiger partial charge in [0.2, 0.25) is 0 Å². The summed E-state index contributed by atoms with van der Waals surface area (Å²) in [6.07, 6.45) is 0.826. The molecule has 0 bridgehead atoms. The highest BCUT2D eigenvalue weighted by Gasteiger charge is 2.05. The highest BCUT2D eigenvalue weighted by atomic mass is 35.5. The van der Waals surface area contributed by atoms with Crippen LogP contribution in [-0.2, 0) is 14.3 Å². The average Bonchev–Trinajstić information content (AvgIpc) is 2.44. The molecule has 0 aromatic heterocycles. The smallest absolute Gasteiger partial charge is 0.305 e. The second kappa shape index (κ2) is 8.43. The van der Waals surface area contributed by atoms with Gasteiger partial charge < -0.3 is 14.8 Å². The van der Waals surface area contributed by atoms with Gasteiger partial charge in [-0.15, -0.1) is 0 Å². The fourth-order valence-corrected chi connectivity index (χ4v) is 1.59. The Morgan fingerprint density at radius 3 is 2.75 bits per heavy atom. The zero-order valence-corrected chi connectivity index (χ0v) is 12.3. The predicted octanol–water partition coefficient (Wildman–Crippen LogP) is 2.10. The molecule has 0 aliphatic carbocycles. The van der Waals surface area contributed by atoms with Crippen molar-refractivity contribution in [2.24, 2.45) is 0 Å². The summed E-state index contributed by atoms with van der Waals surface area (Å²) in [5.41, 5.74) is 0.891. The molecule has 0 unspecified atom stereocenters. The lowest BCUT2D eigenvalue weighted by Gasteiger charge is -2.08. The van der Waals surface area contributed by atoms with Crippen LogP contribution >= 0.6 is 11.6 Å². The van der Waals surface area contributed by atoms with Crippen LogP contribution in [0.5, 0.6) is 5.75 Å². The number of amides is 1. The summed E-state index contributed by atoms with van der Waals surface area (Å²) in [5, 5.41) is 3.32. The maximum absolute atomic E-state index is 11.5. The van der Waals surface area contributed by atoms with Crippen molar-refractivity contribution >= 4 is 23.5 Å². The maximum Gasteiger partial charge on any atom is 0.305 e. The quantitative estimate of drug-likeness (QED) is 0.618. The van der Waals surface area contributed by atoms with Gasteiger partial charge in [-0.05, 0) is 37.1 Å². The number of esters is 1. The first kappa shape index (κ1) is 16.3. The van der Waals surface area contributed by atoms with Crippen LogP contribution in [0, 0.1) is 6.92 Å². The molecular weight excluding hydrogens is 282 g/mol. The molecule has 1 aromatic carbocycles. The Kier molecular flexibility index (Phi) is 6.87. The van der Waals surface area contributed by atoms with E-state index in [9.17, 15) is 9.59 Å². The van der Waals surface area contributed by atoms with Crippen molar-refractivity contribution in [3.8, 4) is 5.75 Å². The first-order valence-electron chi connectivity index (χ1n) is 6.25. The van der Waals surface area contributed by atoms with Crippen molar-refractivity contribution in [2.75, 3.05) is 20.3 Å². The third-order valence-electron chi connectivity index (χ3n) is 2.61. The summed E-state index contributed by atoms with van der Waals surface area (Å²) in [6.45, 7) is 2.21. The van der Waals surface area contributed by atoms with Crippen LogP contribution in [0.25, 0.3) is 0 Å². The number of rotatable bonds is 7. The standard InChI is InChI=1S/C14H18ClNO4/c1-10-8-11(5-6-12(10)15)20-9-13(17)16-7-3-4-14(18)19-2/h5-6,8H,3-4,7,9H2,1-2H3,(H,16,17). The molecule has 0 heterocycles. The number of hydrogen-bond donors (Lipinski definition) is 1. The molecule has 1 aromatic rings. The van der Waals surface area contributed by atoms with Crippen molar-refractivity contribution in [3.05, 3.63) is 28.8 Å². The van der Waals surface area contributed by atoms with Gasteiger partial charge in [0.1, 0.15) is 5.75 Å². The highest BCUT2D eigenvalue weighted by Crippen LogP contribution is 2.20. The Morgan fingerprint density at radius 2 is 2.10 bits per heavy atom. The van der Waals surface area contributed by atoms with E-state index in [4.69, 9.17) is 16.3 Å². The third kappa shape index (κ3) is 5.93. The number of aryl methyl sites for hydroxylation is 1. The van der Waals surface area contributed by atoms with E-state index in [1.165, 1.54) is 7.11 Å². The van der Waals surface area contributed by atoms with Crippen LogP contribution in [0.2, 0.25) is 5.02 Å². The largest absolute Gasteiger partial charge is 0.484 e. The van der Waals surface area contributed by atoms with E-state index in [1.54, 1.807) is 18.2 Å². The number of benzene rings is 1. The Labute approximate surface area is 123 Å². The number of halogens is 1. The summed E-state index contributed by atoms with van der Waals surface area (Å²) in [5.74, 6) is 0.0752. The van der Waals surface area contributed by atoms with Gasteiger partial charge in [-0.2, -0.15) is 0 Å². The molecule has 110 valence electrons. The monoisotopic (exact) mass is 299 g/mol. The zero-order chi connectivity index (χ0) is 15.0. The Balaban J connectivity index is 2.22. The van der Waals surface area contributed by atoms with E-state index in [-0.39, 0.29) is 24.9 Å². The number of nitrogens with one attached hydrogen (secondary N) is 1. The fourth-order valence-electron chi connectivity index (χ4n) is 1.47. The third-order valence-corrected chi connectivity index (χ3v) is 3.03. The minimum absolute atomic E-state index is 0.0701. The molecule has 1 N–H and O–H groups in total. The van der Waals surface area contributed by atoms with Gasteiger partial charge in [0.15, 0.2) is 6.61 Å². The molecule has 0 aliphatic rings. The molecule has 0 aliphatic heterocycles. The second-order valence-corrected chi connectivity index (χ2v) is 4.64. The Hall–Kier alpha value is -1.75. The summed E-state index contributed by atoms with van der Waals surface area (Å²) >= 11 is 5.89. The maximum atomic E-state index is 11.5. The predicted molar refractivity (Wildman–Crippen MR) is 75.9 cm³/mol. The van der Waals surface area contributed by atoms with Gasteiger partial charge in [-0.1, -0.05) is 11.6 Å². The number of carbonyl (C=O) groups is 2. The topological polar surface area (TPSA) is 64.6 Å². The number of carbonyl (C=O) groups excluding carboxylic acids is 2. The van der Waals surface area contributed by atoms with E-state index in [2.05, 4.69) is 10.1 Å². The van der Waals surface area contributed by atoms with Crippen LogP contribution in [-0.4, -0.2) is 32.1 Å². The van der Waals surface area contributed by atoms with E-state index < -0.39 is 0 Å². The van der Waals surface area contributed by atoms with Crippen molar-refractivity contribution in [2.45, 2.75) is 19.8 Å². The molecule has 1 rings (SSSR count). The van der Waals surface area contributed by atoms with Gasteiger partial charge >= 0.3 is 5.97 Å². The lowest BCUT2D eigenvalue weighted by Crippen LogP contribution is -2.30.